The van der Waals surface area contributed by atoms with Gasteiger partial charge in [-0.2, -0.15) is 0 Å². The number of aryl methyl sites for hydroxylation is 1. The topological polar surface area (TPSA) is 87.5 Å². The number of aromatic carboxylic acids is 1. The molecule has 2 aromatic rings. The van der Waals surface area contributed by atoms with Crippen LogP contribution in [-0.4, -0.2) is 27.1 Å². The van der Waals surface area contributed by atoms with Crippen LogP contribution in [0.4, 0.5) is 0 Å². The zero-order valence-electron chi connectivity index (χ0n) is 11.5. The molecule has 2 N–H and O–H groups in total. The second-order valence-corrected chi connectivity index (χ2v) is 5.66. The van der Waals surface area contributed by atoms with Gasteiger partial charge in [-0.15, -0.1) is 11.3 Å². The van der Waals surface area contributed by atoms with Gasteiger partial charge in [-0.3, -0.25) is 0 Å². The Kier molecular flexibility index (Phi) is 4.18. The third-order valence-corrected chi connectivity index (χ3v) is 3.94. The number of benzene rings is 1. The maximum atomic E-state index is 10.9. The number of carboxylic acid groups (broad SMARTS) is 2. The van der Waals surface area contributed by atoms with Crippen molar-refractivity contribution in [2.45, 2.75) is 13.8 Å². The third-order valence-electron chi connectivity index (χ3n) is 2.84. The van der Waals surface area contributed by atoms with E-state index in [1.807, 2.05) is 6.92 Å². The molecule has 0 spiro atoms. The summed E-state index contributed by atoms with van der Waals surface area (Å²) >= 11 is 1.41. The van der Waals surface area contributed by atoms with Crippen LogP contribution in [0.5, 0.6) is 0 Å². The first-order valence-electron chi connectivity index (χ1n) is 6.11. The molecule has 1 heterocycles. The van der Waals surface area contributed by atoms with E-state index in [1.165, 1.54) is 23.5 Å². The smallest absolute Gasteiger partial charge is 0.335 e. The molecule has 0 amide bonds. The first kappa shape index (κ1) is 14.9. The molecule has 0 aliphatic carbocycles. The van der Waals surface area contributed by atoms with Gasteiger partial charge in [0.2, 0.25) is 0 Å². The van der Waals surface area contributed by atoms with E-state index >= 15 is 0 Å². The number of thiazole rings is 1. The molecule has 0 unspecified atom stereocenters. The molecule has 1 aromatic carbocycles. The summed E-state index contributed by atoms with van der Waals surface area (Å²) in [5.74, 6) is -2.00. The Hall–Kier alpha value is -2.47. The van der Waals surface area contributed by atoms with Gasteiger partial charge >= 0.3 is 11.9 Å². The highest BCUT2D eigenvalue weighted by Gasteiger charge is 2.14. The van der Waals surface area contributed by atoms with Crippen molar-refractivity contribution < 1.29 is 19.8 Å². The Bertz CT molecular complexity index is 729. The molecule has 0 atom stereocenters. The molecular formula is C15H13NO4S. The largest absolute Gasteiger partial charge is 0.478 e. The van der Waals surface area contributed by atoms with E-state index < -0.39 is 11.9 Å². The molecule has 108 valence electrons. The van der Waals surface area contributed by atoms with Gasteiger partial charge in [-0.05, 0) is 31.6 Å². The van der Waals surface area contributed by atoms with Crippen molar-refractivity contribution in [3.63, 3.8) is 0 Å². The van der Waals surface area contributed by atoms with E-state index in [1.54, 1.807) is 19.1 Å². The van der Waals surface area contributed by atoms with Crippen LogP contribution in [0.2, 0.25) is 0 Å². The number of allylic oxidation sites excluding steroid dienone is 1. The molecule has 0 saturated carbocycles. The van der Waals surface area contributed by atoms with Crippen LogP contribution >= 0.6 is 11.3 Å². The van der Waals surface area contributed by atoms with Gasteiger partial charge in [-0.25, -0.2) is 14.6 Å². The molecular weight excluding hydrogens is 290 g/mol. The van der Waals surface area contributed by atoms with E-state index in [4.69, 9.17) is 10.2 Å². The molecule has 0 aliphatic rings. The zero-order valence-corrected chi connectivity index (χ0v) is 12.3. The molecule has 6 heteroatoms. The summed E-state index contributed by atoms with van der Waals surface area (Å²) in [6, 6.07) is 6.36. The van der Waals surface area contributed by atoms with Gasteiger partial charge in [0.15, 0.2) is 0 Å². The number of aromatic nitrogens is 1. The van der Waals surface area contributed by atoms with Crippen LogP contribution < -0.4 is 0 Å². The van der Waals surface area contributed by atoms with Crippen LogP contribution in [0, 0.1) is 6.92 Å². The fraction of sp³-hybridized carbons (Fsp3) is 0.133. The maximum Gasteiger partial charge on any atom is 0.335 e. The molecule has 0 fully saturated rings. The number of hydrogen-bond acceptors (Lipinski definition) is 4. The molecule has 0 saturated heterocycles. The SMILES string of the molecule is C/C(=C\C(=O)O)c1sc(C)nc1-c1ccc(C(=O)O)cc1. The van der Waals surface area contributed by atoms with E-state index in [-0.39, 0.29) is 5.56 Å². The van der Waals surface area contributed by atoms with E-state index in [0.29, 0.717) is 11.3 Å². The molecule has 21 heavy (non-hydrogen) atoms. The van der Waals surface area contributed by atoms with Crippen molar-refractivity contribution in [1.29, 1.82) is 0 Å². The quantitative estimate of drug-likeness (QED) is 0.846. The summed E-state index contributed by atoms with van der Waals surface area (Å²) < 4.78 is 0. The lowest BCUT2D eigenvalue weighted by atomic mass is 10.1. The second-order valence-electron chi connectivity index (χ2n) is 4.46. The van der Waals surface area contributed by atoms with Crippen LogP contribution in [0.15, 0.2) is 30.3 Å². The summed E-state index contributed by atoms with van der Waals surface area (Å²) in [6.07, 6.45) is 1.14. The number of rotatable bonds is 4. The minimum atomic E-state index is -1.01. The molecule has 1 aromatic heterocycles. The van der Waals surface area contributed by atoms with Gasteiger partial charge in [0.25, 0.3) is 0 Å². The standard InChI is InChI=1S/C15H13NO4S/c1-8(7-12(17)18)14-13(16-9(2)21-14)10-3-5-11(6-4-10)15(19)20/h3-7H,1-2H3,(H,17,18)(H,19,20)/b8-7+. The predicted molar refractivity (Wildman–Crippen MR) is 80.5 cm³/mol. The zero-order chi connectivity index (χ0) is 15.6. The van der Waals surface area contributed by atoms with E-state index in [2.05, 4.69) is 4.98 Å². The van der Waals surface area contributed by atoms with Crippen LogP contribution in [0.25, 0.3) is 16.8 Å². The Morgan fingerprint density at radius 3 is 2.33 bits per heavy atom. The minimum Gasteiger partial charge on any atom is -0.478 e. The first-order chi connectivity index (χ1) is 9.88. The molecule has 0 radical (unpaired) electrons. The Morgan fingerprint density at radius 1 is 1.19 bits per heavy atom. The number of carboxylic acids is 2. The highest BCUT2D eigenvalue weighted by molar-refractivity contribution is 7.13. The fourth-order valence-electron chi connectivity index (χ4n) is 1.91. The maximum absolute atomic E-state index is 10.9. The Labute approximate surface area is 125 Å². The average molecular weight is 303 g/mol. The normalized spacial score (nSPS) is 11.4. The van der Waals surface area contributed by atoms with Gasteiger partial charge in [0, 0.05) is 11.6 Å². The predicted octanol–water partition coefficient (Wildman–Crippen LogP) is 3.30. The average Bonchev–Trinajstić information content (AvgIpc) is 2.80. The molecule has 0 aliphatic heterocycles. The number of hydrogen-bond donors (Lipinski definition) is 2. The van der Waals surface area contributed by atoms with E-state index in [0.717, 1.165) is 21.5 Å². The molecule has 5 nitrogen and oxygen atoms in total. The van der Waals surface area contributed by atoms with Crippen LogP contribution in [-0.2, 0) is 4.79 Å². The van der Waals surface area contributed by atoms with E-state index in [9.17, 15) is 9.59 Å². The lowest BCUT2D eigenvalue weighted by Crippen LogP contribution is -1.95. The summed E-state index contributed by atoms with van der Waals surface area (Å²) in [5.41, 5.74) is 2.25. The van der Waals surface area contributed by atoms with Gasteiger partial charge < -0.3 is 10.2 Å². The van der Waals surface area contributed by atoms with Crippen molar-refractivity contribution in [1.82, 2.24) is 4.98 Å². The number of aliphatic carboxylic acids is 1. The Balaban J connectivity index is 2.49. The number of carbonyl (C=O) groups is 2. The number of nitrogens with zero attached hydrogens (tertiary/aromatic N) is 1. The van der Waals surface area contributed by atoms with Crippen LogP contribution in [0.1, 0.15) is 27.2 Å². The third kappa shape index (κ3) is 3.35. The van der Waals surface area contributed by atoms with Gasteiger partial charge in [-0.1, -0.05) is 12.1 Å². The summed E-state index contributed by atoms with van der Waals surface area (Å²) in [5, 5.41) is 18.6. The van der Waals surface area contributed by atoms with Crippen molar-refractivity contribution >= 4 is 28.8 Å². The molecule has 0 bridgehead atoms. The fourth-order valence-corrected chi connectivity index (χ4v) is 2.82. The first-order valence-corrected chi connectivity index (χ1v) is 6.93. The lowest BCUT2D eigenvalue weighted by Gasteiger charge is -2.03. The highest BCUT2D eigenvalue weighted by atomic mass is 32.1. The van der Waals surface area contributed by atoms with Crippen molar-refractivity contribution in [3.05, 3.63) is 45.8 Å². The summed E-state index contributed by atoms with van der Waals surface area (Å²) in [6.45, 7) is 3.56. The van der Waals surface area contributed by atoms with Gasteiger partial charge in [0.1, 0.15) is 0 Å². The summed E-state index contributed by atoms with van der Waals surface area (Å²) in [7, 11) is 0. The lowest BCUT2D eigenvalue weighted by molar-refractivity contribution is -0.131. The molecule has 2 rings (SSSR count). The highest BCUT2D eigenvalue weighted by Crippen LogP contribution is 2.33. The second kappa shape index (κ2) is 5.88. The monoisotopic (exact) mass is 303 g/mol. The minimum absolute atomic E-state index is 0.199. The summed E-state index contributed by atoms with van der Waals surface area (Å²) in [4.78, 5) is 26.9. The van der Waals surface area contributed by atoms with Gasteiger partial charge in [0.05, 0.1) is 21.1 Å². The van der Waals surface area contributed by atoms with Crippen molar-refractivity contribution in [2.24, 2.45) is 0 Å². The van der Waals surface area contributed by atoms with Crippen molar-refractivity contribution in [2.75, 3.05) is 0 Å². The van der Waals surface area contributed by atoms with Crippen LogP contribution in [0.3, 0.4) is 0 Å². The Morgan fingerprint density at radius 2 is 1.81 bits per heavy atom. The van der Waals surface area contributed by atoms with Crippen molar-refractivity contribution in [3.8, 4) is 11.3 Å².